The van der Waals surface area contributed by atoms with E-state index in [9.17, 15) is 14.7 Å². The van der Waals surface area contributed by atoms with Gasteiger partial charge in [-0.2, -0.15) is 0 Å². The number of carbonyl (C=O) groups excluding carboxylic acids is 1. The van der Waals surface area contributed by atoms with E-state index in [1.807, 2.05) is 13.8 Å². The Kier molecular flexibility index (Phi) is 5.64. The van der Waals surface area contributed by atoms with Gasteiger partial charge in [0, 0.05) is 11.8 Å². The first-order valence-corrected chi connectivity index (χ1v) is 7.81. The van der Waals surface area contributed by atoms with Gasteiger partial charge in [-0.25, -0.2) is 4.79 Å². The Morgan fingerprint density at radius 3 is 2.40 bits per heavy atom. The number of carbonyl (C=O) groups is 2. The van der Waals surface area contributed by atoms with Gasteiger partial charge in [-0.1, -0.05) is 6.07 Å². The molecular formula is C19H21NO5. The molecule has 0 saturated carbocycles. The van der Waals surface area contributed by atoms with Crippen molar-refractivity contribution in [1.82, 2.24) is 0 Å². The van der Waals surface area contributed by atoms with Crippen molar-refractivity contribution < 1.29 is 24.2 Å². The largest absolute Gasteiger partial charge is 0.497 e. The Hall–Kier alpha value is -3.02. The maximum atomic E-state index is 12.6. The molecule has 25 heavy (non-hydrogen) atoms. The number of benzene rings is 2. The van der Waals surface area contributed by atoms with Crippen LogP contribution in [0.3, 0.4) is 0 Å². The van der Waals surface area contributed by atoms with Crippen LogP contribution in [0.15, 0.2) is 36.4 Å². The molecule has 0 aliphatic carbocycles. The highest BCUT2D eigenvalue weighted by Gasteiger charge is 2.16. The molecule has 0 aliphatic heterocycles. The first-order chi connectivity index (χ1) is 11.8. The lowest BCUT2D eigenvalue weighted by atomic mass is 10.1. The molecule has 6 heteroatoms. The number of rotatable bonds is 6. The van der Waals surface area contributed by atoms with Gasteiger partial charge in [0.15, 0.2) is 0 Å². The molecule has 2 aromatic carbocycles. The second-order valence-electron chi connectivity index (χ2n) is 5.82. The van der Waals surface area contributed by atoms with E-state index >= 15 is 0 Å². The number of hydrogen-bond donors (Lipinski definition) is 2. The van der Waals surface area contributed by atoms with E-state index in [4.69, 9.17) is 9.47 Å². The van der Waals surface area contributed by atoms with Gasteiger partial charge < -0.3 is 19.9 Å². The van der Waals surface area contributed by atoms with Gasteiger partial charge in [0.1, 0.15) is 11.5 Å². The summed E-state index contributed by atoms with van der Waals surface area (Å²) in [6.45, 7) is 5.42. The van der Waals surface area contributed by atoms with Gasteiger partial charge in [0.05, 0.1) is 24.3 Å². The van der Waals surface area contributed by atoms with Gasteiger partial charge in [-0.05, 0) is 50.6 Å². The van der Waals surface area contributed by atoms with Crippen LogP contribution in [0.2, 0.25) is 0 Å². The predicted molar refractivity (Wildman–Crippen MR) is 94.8 cm³/mol. The molecule has 0 radical (unpaired) electrons. The Bertz CT molecular complexity index is 798. The van der Waals surface area contributed by atoms with Gasteiger partial charge in [-0.15, -0.1) is 0 Å². The standard InChI is InChI=1S/C19H21NO5/c1-11(2)25-17-10-14(24-4)7-8-15(17)18(21)20-13-6-5-12(3)16(9-13)19(22)23/h5-11H,1-4H3,(H,20,21)(H,22,23). The highest BCUT2D eigenvalue weighted by molar-refractivity contribution is 6.06. The van der Waals surface area contributed by atoms with Crippen molar-refractivity contribution in [1.29, 1.82) is 0 Å². The van der Waals surface area contributed by atoms with E-state index in [1.165, 1.54) is 13.2 Å². The molecule has 132 valence electrons. The molecule has 1 amide bonds. The second kappa shape index (κ2) is 7.70. The van der Waals surface area contributed by atoms with Crippen LogP contribution >= 0.6 is 0 Å². The van der Waals surface area contributed by atoms with Crippen LogP contribution < -0.4 is 14.8 Å². The lowest BCUT2D eigenvalue weighted by molar-refractivity contribution is 0.0695. The number of methoxy groups -OCH3 is 1. The van der Waals surface area contributed by atoms with Crippen molar-refractivity contribution in [2.24, 2.45) is 0 Å². The monoisotopic (exact) mass is 343 g/mol. The van der Waals surface area contributed by atoms with E-state index in [0.29, 0.717) is 28.3 Å². The predicted octanol–water partition coefficient (Wildman–Crippen LogP) is 3.74. The summed E-state index contributed by atoms with van der Waals surface area (Å²) < 4.78 is 10.9. The molecule has 0 bridgehead atoms. The lowest BCUT2D eigenvalue weighted by Crippen LogP contribution is -2.16. The van der Waals surface area contributed by atoms with Crippen LogP contribution in [0.1, 0.15) is 40.1 Å². The Labute approximate surface area is 146 Å². The summed E-state index contributed by atoms with van der Waals surface area (Å²) >= 11 is 0. The molecule has 2 N–H and O–H groups in total. The zero-order chi connectivity index (χ0) is 18.6. The SMILES string of the molecule is COc1ccc(C(=O)Nc2ccc(C)c(C(=O)O)c2)c(OC(C)C)c1. The van der Waals surface area contributed by atoms with Crippen molar-refractivity contribution in [3.05, 3.63) is 53.1 Å². The number of carboxylic acid groups (broad SMARTS) is 1. The average Bonchev–Trinajstić information content (AvgIpc) is 2.55. The van der Waals surface area contributed by atoms with E-state index in [-0.39, 0.29) is 11.7 Å². The molecule has 6 nitrogen and oxygen atoms in total. The maximum Gasteiger partial charge on any atom is 0.336 e. The topological polar surface area (TPSA) is 84.9 Å². The molecule has 2 rings (SSSR count). The van der Waals surface area contributed by atoms with Gasteiger partial charge in [0.2, 0.25) is 0 Å². The molecule has 0 aromatic heterocycles. The van der Waals surface area contributed by atoms with Crippen LogP contribution in [0, 0.1) is 6.92 Å². The summed E-state index contributed by atoms with van der Waals surface area (Å²) in [5.41, 5.74) is 1.51. The molecule has 0 aliphatic rings. The van der Waals surface area contributed by atoms with Crippen molar-refractivity contribution >= 4 is 17.6 Å². The number of amides is 1. The minimum Gasteiger partial charge on any atom is -0.497 e. The van der Waals surface area contributed by atoms with Crippen LogP contribution in [-0.2, 0) is 0 Å². The first kappa shape index (κ1) is 18.3. The third-order valence-corrected chi connectivity index (χ3v) is 3.52. The number of hydrogen-bond acceptors (Lipinski definition) is 4. The molecule has 0 heterocycles. The van der Waals surface area contributed by atoms with E-state index < -0.39 is 11.9 Å². The van der Waals surface area contributed by atoms with Crippen molar-refractivity contribution in [2.45, 2.75) is 26.9 Å². The highest BCUT2D eigenvalue weighted by Crippen LogP contribution is 2.27. The summed E-state index contributed by atoms with van der Waals surface area (Å²) in [7, 11) is 1.54. The molecule has 0 spiro atoms. The minimum absolute atomic E-state index is 0.114. The minimum atomic E-state index is -1.04. The van der Waals surface area contributed by atoms with Gasteiger partial charge >= 0.3 is 5.97 Å². The summed E-state index contributed by atoms with van der Waals surface area (Å²) in [5.74, 6) is -0.450. The molecule has 2 aromatic rings. The molecule has 0 unspecified atom stereocenters. The van der Waals surface area contributed by atoms with E-state index in [0.717, 1.165) is 0 Å². The average molecular weight is 343 g/mol. The number of ether oxygens (including phenoxy) is 2. The van der Waals surface area contributed by atoms with Crippen molar-refractivity contribution in [2.75, 3.05) is 12.4 Å². The highest BCUT2D eigenvalue weighted by atomic mass is 16.5. The number of nitrogens with one attached hydrogen (secondary N) is 1. The van der Waals surface area contributed by atoms with Crippen LogP contribution in [0.25, 0.3) is 0 Å². The van der Waals surface area contributed by atoms with Gasteiger partial charge in [-0.3, -0.25) is 4.79 Å². The molecule has 0 saturated heterocycles. The third-order valence-electron chi connectivity index (χ3n) is 3.52. The molecule has 0 atom stereocenters. The number of anilines is 1. The summed E-state index contributed by atoms with van der Waals surface area (Å²) in [6.07, 6.45) is -0.114. The normalized spacial score (nSPS) is 10.4. The first-order valence-electron chi connectivity index (χ1n) is 7.81. The quantitative estimate of drug-likeness (QED) is 0.834. The summed E-state index contributed by atoms with van der Waals surface area (Å²) in [4.78, 5) is 23.8. The fourth-order valence-corrected chi connectivity index (χ4v) is 2.30. The zero-order valence-electron chi connectivity index (χ0n) is 14.6. The molecular weight excluding hydrogens is 322 g/mol. The van der Waals surface area contributed by atoms with Gasteiger partial charge in [0.25, 0.3) is 5.91 Å². The second-order valence-corrected chi connectivity index (χ2v) is 5.82. The third kappa shape index (κ3) is 4.50. The summed E-state index contributed by atoms with van der Waals surface area (Å²) in [5, 5.41) is 11.9. The Morgan fingerprint density at radius 1 is 1.08 bits per heavy atom. The van der Waals surface area contributed by atoms with Crippen LogP contribution in [0.5, 0.6) is 11.5 Å². The fraction of sp³-hybridized carbons (Fsp3) is 0.263. The van der Waals surface area contributed by atoms with Crippen molar-refractivity contribution in [3.63, 3.8) is 0 Å². The molecule has 0 fully saturated rings. The number of aromatic carboxylic acids is 1. The Balaban J connectivity index is 2.32. The maximum absolute atomic E-state index is 12.6. The fourth-order valence-electron chi connectivity index (χ4n) is 2.30. The summed E-state index contributed by atoms with van der Waals surface area (Å²) in [6, 6.07) is 9.66. The van der Waals surface area contributed by atoms with Crippen LogP contribution in [-0.4, -0.2) is 30.2 Å². The number of carboxylic acids is 1. The lowest BCUT2D eigenvalue weighted by Gasteiger charge is -2.15. The smallest absolute Gasteiger partial charge is 0.336 e. The zero-order valence-corrected chi connectivity index (χ0v) is 14.6. The van der Waals surface area contributed by atoms with Crippen LogP contribution in [0.4, 0.5) is 5.69 Å². The number of aryl methyl sites for hydroxylation is 1. The Morgan fingerprint density at radius 2 is 1.80 bits per heavy atom. The van der Waals surface area contributed by atoms with E-state index in [1.54, 1.807) is 37.3 Å². The van der Waals surface area contributed by atoms with Crippen molar-refractivity contribution in [3.8, 4) is 11.5 Å². The van der Waals surface area contributed by atoms with E-state index in [2.05, 4.69) is 5.32 Å².